The Bertz CT molecular complexity index is 1280. The molecule has 0 radical (unpaired) electrons. The van der Waals surface area contributed by atoms with Gasteiger partial charge in [-0.2, -0.15) is 0 Å². The van der Waals surface area contributed by atoms with Gasteiger partial charge in [0, 0.05) is 11.4 Å². The van der Waals surface area contributed by atoms with E-state index in [1.807, 2.05) is 83.1 Å². The molecule has 2 unspecified atom stereocenters. The predicted octanol–water partition coefficient (Wildman–Crippen LogP) is 4.44. The van der Waals surface area contributed by atoms with Gasteiger partial charge in [0.15, 0.2) is 0 Å². The van der Waals surface area contributed by atoms with E-state index in [-0.39, 0.29) is 30.2 Å². The van der Waals surface area contributed by atoms with Crippen molar-refractivity contribution in [3.63, 3.8) is 0 Å². The van der Waals surface area contributed by atoms with Crippen LogP contribution >= 0.6 is 0 Å². The molecule has 214 valence electrons. The third-order valence-corrected chi connectivity index (χ3v) is 9.27. The fraction of sp³-hybridized carbons (Fsp3) is 0.531. The zero-order valence-electron chi connectivity index (χ0n) is 24.1. The molecular weight excluding hydrogens is 506 g/mol. The minimum atomic E-state index is -1.16. The molecule has 2 bridgehead atoms. The number of nitrogens with zero attached hydrogens (tertiary/aromatic N) is 1. The zero-order chi connectivity index (χ0) is 28.8. The minimum absolute atomic E-state index is 0.182. The monoisotopic (exact) mass is 547 g/mol. The van der Waals surface area contributed by atoms with Crippen molar-refractivity contribution in [2.24, 2.45) is 17.8 Å². The lowest BCUT2D eigenvalue weighted by atomic mass is 9.65. The van der Waals surface area contributed by atoms with Gasteiger partial charge in [-0.05, 0) is 68.7 Å². The average Bonchev–Trinajstić information content (AvgIpc) is 3.53. The van der Waals surface area contributed by atoms with Gasteiger partial charge >= 0.3 is 0 Å². The SMILES string of the molecule is CC[C@]12CCC3(O1)C(C(=O)Nc1c(C)cccc1C)N([C@@H](CO)CC(C)C)C(=O)[C@@H]3[C@H]2C(=O)Nc1ccccc1. The molecule has 3 fully saturated rings. The van der Waals surface area contributed by atoms with Crippen LogP contribution in [-0.2, 0) is 19.1 Å². The molecule has 0 aliphatic carbocycles. The highest BCUT2D eigenvalue weighted by Crippen LogP contribution is 2.64. The molecule has 3 N–H and O–H groups in total. The fourth-order valence-corrected chi connectivity index (χ4v) is 7.51. The van der Waals surface area contributed by atoms with E-state index in [4.69, 9.17) is 4.74 Å². The van der Waals surface area contributed by atoms with Crippen molar-refractivity contribution >= 4 is 29.1 Å². The summed E-state index contributed by atoms with van der Waals surface area (Å²) in [7, 11) is 0. The van der Waals surface area contributed by atoms with Gasteiger partial charge < -0.3 is 25.4 Å². The summed E-state index contributed by atoms with van der Waals surface area (Å²) in [6.07, 6.45) is 2.15. The van der Waals surface area contributed by atoms with Crippen LogP contribution < -0.4 is 10.6 Å². The normalized spacial score (nSPS) is 29.5. The summed E-state index contributed by atoms with van der Waals surface area (Å²) in [5, 5.41) is 16.6. The van der Waals surface area contributed by atoms with Crippen LogP contribution in [0.15, 0.2) is 48.5 Å². The van der Waals surface area contributed by atoms with Crippen LogP contribution in [0, 0.1) is 31.6 Å². The topological polar surface area (TPSA) is 108 Å². The number of fused-ring (bicyclic) bond motifs is 1. The molecule has 3 aliphatic rings. The van der Waals surface area contributed by atoms with Gasteiger partial charge in [-0.25, -0.2) is 0 Å². The minimum Gasteiger partial charge on any atom is -0.394 e. The Morgan fingerprint density at radius 1 is 1.02 bits per heavy atom. The van der Waals surface area contributed by atoms with Crippen molar-refractivity contribution in [3.05, 3.63) is 59.7 Å². The Labute approximate surface area is 236 Å². The van der Waals surface area contributed by atoms with E-state index >= 15 is 0 Å². The second-order valence-corrected chi connectivity index (χ2v) is 12.2. The summed E-state index contributed by atoms with van der Waals surface area (Å²) in [5.41, 5.74) is 1.20. The number of rotatable bonds is 9. The quantitative estimate of drug-likeness (QED) is 0.430. The maximum Gasteiger partial charge on any atom is 0.250 e. The molecule has 0 saturated carbocycles. The van der Waals surface area contributed by atoms with Gasteiger partial charge in [-0.3, -0.25) is 14.4 Å². The van der Waals surface area contributed by atoms with Crippen molar-refractivity contribution in [2.45, 2.75) is 83.6 Å². The first-order valence-corrected chi connectivity index (χ1v) is 14.4. The van der Waals surface area contributed by atoms with E-state index in [2.05, 4.69) is 10.6 Å². The van der Waals surface area contributed by atoms with Crippen molar-refractivity contribution < 1.29 is 24.2 Å². The molecule has 5 rings (SSSR count). The van der Waals surface area contributed by atoms with E-state index in [9.17, 15) is 19.5 Å². The molecule has 6 atom stereocenters. The molecule has 3 saturated heterocycles. The van der Waals surface area contributed by atoms with Crippen molar-refractivity contribution in [1.82, 2.24) is 4.90 Å². The summed E-state index contributed by atoms with van der Waals surface area (Å²) >= 11 is 0. The molecule has 0 aromatic heterocycles. The molecule has 1 spiro atoms. The number of anilines is 2. The van der Waals surface area contributed by atoms with Crippen LogP contribution in [0.25, 0.3) is 0 Å². The molecule has 2 aromatic rings. The molecule has 8 nitrogen and oxygen atoms in total. The summed E-state index contributed by atoms with van der Waals surface area (Å²) in [6.45, 7) is 9.62. The maximum absolute atomic E-state index is 14.5. The lowest BCUT2D eigenvalue weighted by Crippen LogP contribution is -2.56. The number of benzene rings is 2. The van der Waals surface area contributed by atoms with Crippen LogP contribution in [0.2, 0.25) is 0 Å². The van der Waals surface area contributed by atoms with E-state index in [0.717, 1.165) is 11.1 Å². The lowest BCUT2D eigenvalue weighted by molar-refractivity contribution is -0.148. The summed E-state index contributed by atoms with van der Waals surface area (Å²) in [5.74, 6) is -2.29. The van der Waals surface area contributed by atoms with Gasteiger partial charge in [0.1, 0.15) is 11.6 Å². The number of hydrogen-bond donors (Lipinski definition) is 3. The van der Waals surface area contributed by atoms with Crippen molar-refractivity contribution in [2.75, 3.05) is 17.2 Å². The predicted molar refractivity (Wildman–Crippen MR) is 154 cm³/mol. The van der Waals surface area contributed by atoms with Crippen LogP contribution in [0.5, 0.6) is 0 Å². The highest BCUT2D eigenvalue weighted by atomic mass is 16.5. The molecule has 2 aromatic carbocycles. The Morgan fingerprint density at radius 3 is 2.30 bits per heavy atom. The maximum atomic E-state index is 14.5. The third kappa shape index (κ3) is 4.41. The van der Waals surface area contributed by atoms with Crippen molar-refractivity contribution in [1.29, 1.82) is 0 Å². The Hall–Kier alpha value is -3.23. The Kier molecular flexibility index (Phi) is 7.52. The van der Waals surface area contributed by atoms with Gasteiger partial charge in [-0.15, -0.1) is 0 Å². The van der Waals surface area contributed by atoms with Crippen molar-refractivity contribution in [3.8, 4) is 0 Å². The number of aryl methyl sites for hydroxylation is 2. The number of carbonyl (C=O) groups excluding carboxylic acids is 3. The summed E-state index contributed by atoms with van der Waals surface area (Å²) in [4.78, 5) is 44.2. The highest BCUT2D eigenvalue weighted by Gasteiger charge is 2.79. The number of likely N-dealkylation sites (tertiary alicyclic amines) is 1. The number of ether oxygens (including phenoxy) is 1. The standard InChI is InChI=1S/C32H41N3O5/c1-6-31-15-16-32(40-31)25(24(31)28(37)33-22-13-8-7-9-14-22)30(39)35(23(18-36)17-19(2)3)27(32)29(38)34-26-20(4)11-10-12-21(26)5/h7-14,19,23-25,27,36H,6,15-18H2,1-5H3,(H,33,37)(H,34,38)/t23-,24+,25+,27?,31-,32?/m1/s1. The molecule has 3 aliphatic heterocycles. The Morgan fingerprint density at radius 2 is 1.70 bits per heavy atom. The number of nitrogens with one attached hydrogen (secondary N) is 2. The van der Waals surface area contributed by atoms with E-state index in [0.29, 0.717) is 37.1 Å². The zero-order valence-corrected chi connectivity index (χ0v) is 24.1. The molecule has 40 heavy (non-hydrogen) atoms. The van der Waals surface area contributed by atoms with Crippen LogP contribution in [-0.4, -0.2) is 57.6 Å². The average molecular weight is 548 g/mol. The summed E-state index contributed by atoms with van der Waals surface area (Å²) < 4.78 is 6.86. The summed E-state index contributed by atoms with van der Waals surface area (Å²) in [6, 6.07) is 13.5. The molecule has 3 amide bonds. The second-order valence-electron chi connectivity index (χ2n) is 12.2. The Balaban J connectivity index is 1.59. The van der Waals surface area contributed by atoms with Gasteiger partial charge in [0.05, 0.1) is 30.1 Å². The third-order valence-electron chi connectivity index (χ3n) is 9.27. The number of aliphatic hydroxyl groups is 1. The first-order chi connectivity index (χ1) is 19.1. The number of amides is 3. The first-order valence-electron chi connectivity index (χ1n) is 14.4. The van der Waals surface area contributed by atoms with Gasteiger partial charge in [0.2, 0.25) is 17.7 Å². The number of para-hydroxylation sites is 2. The van der Waals surface area contributed by atoms with Crippen LogP contribution in [0.3, 0.4) is 0 Å². The van der Waals surface area contributed by atoms with E-state index in [1.54, 1.807) is 4.90 Å². The number of carbonyl (C=O) groups is 3. The fourth-order valence-electron chi connectivity index (χ4n) is 7.51. The smallest absolute Gasteiger partial charge is 0.250 e. The highest BCUT2D eigenvalue weighted by molar-refractivity contribution is 6.05. The largest absolute Gasteiger partial charge is 0.394 e. The molecule has 8 heteroatoms. The van der Waals surface area contributed by atoms with E-state index in [1.165, 1.54) is 0 Å². The van der Waals surface area contributed by atoms with Crippen LogP contribution in [0.1, 0.15) is 57.6 Å². The first kappa shape index (κ1) is 28.3. The van der Waals surface area contributed by atoms with Crippen LogP contribution in [0.4, 0.5) is 11.4 Å². The van der Waals surface area contributed by atoms with Gasteiger partial charge in [0.25, 0.3) is 0 Å². The lowest BCUT2D eigenvalue weighted by Gasteiger charge is -2.38. The second kappa shape index (κ2) is 10.6. The number of aliphatic hydroxyl groups excluding tert-OH is 1. The molecular formula is C32H41N3O5. The number of hydrogen-bond acceptors (Lipinski definition) is 5. The molecule has 3 heterocycles. The van der Waals surface area contributed by atoms with E-state index < -0.39 is 35.1 Å². The van der Waals surface area contributed by atoms with Gasteiger partial charge in [-0.1, -0.05) is 57.2 Å².